The van der Waals surface area contributed by atoms with Crippen LogP contribution in [0.5, 0.6) is 0 Å². The molecule has 4 aromatic rings. The van der Waals surface area contributed by atoms with Crippen LogP contribution in [0, 0.1) is 0 Å². The summed E-state index contributed by atoms with van der Waals surface area (Å²) in [6.07, 6.45) is 0.275. The summed E-state index contributed by atoms with van der Waals surface area (Å²) in [5.41, 5.74) is 5.20. The number of para-hydroxylation sites is 1. The smallest absolute Gasteiger partial charge is 0.307 e. The fourth-order valence-electron chi connectivity index (χ4n) is 3.80. The van der Waals surface area contributed by atoms with Crippen molar-refractivity contribution in [2.24, 2.45) is 0 Å². The van der Waals surface area contributed by atoms with E-state index in [-0.39, 0.29) is 12.4 Å². The van der Waals surface area contributed by atoms with Crippen LogP contribution in [-0.2, 0) is 20.9 Å². The summed E-state index contributed by atoms with van der Waals surface area (Å²) in [4.78, 5) is 21.3. The minimum Gasteiger partial charge on any atom is -0.466 e. The first-order valence-corrected chi connectivity index (χ1v) is 11.6. The molecule has 0 saturated carbocycles. The van der Waals surface area contributed by atoms with Crippen LogP contribution in [0.25, 0.3) is 33.4 Å². The van der Waals surface area contributed by atoms with Gasteiger partial charge in [-0.15, -0.1) is 0 Å². The number of ether oxygens (including phenoxy) is 2. The lowest BCUT2D eigenvalue weighted by atomic mass is 9.99. The highest BCUT2D eigenvalue weighted by atomic mass is 16.5. The summed E-state index contributed by atoms with van der Waals surface area (Å²) >= 11 is 0. The van der Waals surface area contributed by atoms with E-state index >= 15 is 0 Å². The zero-order chi connectivity index (χ0) is 23.8. The SMILES string of the molecule is CCOCc1ccccc1-c1ccc(-c2nc(NCCC(=O)OCC)c3ccccc3n2)cc1. The summed E-state index contributed by atoms with van der Waals surface area (Å²) < 4.78 is 10.7. The van der Waals surface area contributed by atoms with E-state index < -0.39 is 0 Å². The first-order chi connectivity index (χ1) is 16.7. The third kappa shape index (κ3) is 5.58. The molecule has 6 heteroatoms. The van der Waals surface area contributed by atoms with Crippen molar-refractivity contribution in [1.29, 1.82) is 0 Å². The van der Waals surface area contributed by atoms with Crippen LogP contribution in [0.15, 0.2) is 72.8 Å². The van der Waals surface area contributed by atoms with Gasteiger partial charge in [0.25, 0.3) is 0 Å². The Morgan fingerprint density at radius 1 is 0.853 bits per heavy atom. The number of anilines is 1. The molecule has 0 spiro atoms. The lowest BCUT2D eigenvalue weighted by molar-refractivity contribution is -0.142. The van der Waals surface area contributed by atoms with Crippen LogP contribution < -0.4 is 5.32 Å². The van der Waals surface area contributed by atoms with E-state index in [1.54, 1.807) is 6.92 Å². The third-order valence-corrected chi connectivity index (χ3v) is 5.46. The van der Waals surface area contributed by atoms with E-state index in [0.717, 1.165) is 33.2 Å². The summed E-state index contributed by atoms with van der Waals surface area (Å²) in [6, 6.07) is 24.4. The lowest BCUT2D eigenvalue weighted by Gasteiger charge is -2.12. The maximum atomic E-state index is 11.7. The molecule has 0 unspecified atom stereocenters. The molecule has 0 saturated heterocycles. The summed E-state index contributed by atoms with van der Waals surface area (Å²) in [7, 11) is 0. The third-order valence-electron chi connectivity index (χ3n) is 5.46. The number of carbonyl (C=O) groups excluding carboxylic acids is 1. The monoisotopic (exact) mass is 455 g/mol. The Bertz CT molecular complexity index is 1260. The highest BCUT2D eigenvalue weighted by Crippen LogP contribution is 2.29. The standard InChI is InChI=1S/C28H29N3O3/c1-3-33-19-22-9-5-6-10-23(22)20-13-15-21(16-14-20)27-30-25-12-8-7-11-24(25)28(31-27)29-18-17-26(32)34-4-2/h5-16H,3-4,17-19H2,1-2H3,(H,29,30,31). The van der Waals surface area contributed by atoms with Gasteiger partial charge in [0.1, 0.15) is 5.82 Å². The average Bonchev–Trinajstić information content (AvgIpc) is 2.88. The van der Waals surface area contributed by atoms with E-state index in [1.165, 1.54) is 0 Å². The van der Waals surface area contributed by atoms with Crippen LogP contribution in [0.1, 0.15) is 25.8 Å². The fraction of sp³-hybridized carbons (Fsp3) is 0.250. The molecule has 0 bridgehead atoms. The van der Waals surface area contributed by atoms with Gasteiger partial charge in [-0.2, -0.15) is 0 Å². The van der Waals surface area contributed by atoms with Gasteiger partial charge in [0.05, 0.1) is 25.2 Å². The fourth-order valence-corrected chi connectivity index (χ4v) is 3.80. The van der Waals surface area contributed by atoms with Crippen molar-refractivity contribution in [2.75, 3.05) is 25.1 Å². The van der Waals surface area contributed by atoms with Crippen molar-refractivity contribution in [1.82, 2.24) is 9.97 Å². The zero-order valence-corrected chi connectivity index (χ0v) is 19.6. The first kappa shape index (κ1) is 23.4. The van der Waals surface area contributed by atoms with Crippen molar-refractivity contribution < 1.29 is 14.3 Å². The molecule has 0 fully saturated rings. The van der Waals surface area contributed by atoms with Crippen LogP contribution >= 0.6 is 0 Å². The van der Waals surface area contributed by atoms with Gasteiger partial charge in [0.15, 0.2) is 5.82 Å². The molecule has 0 aliphatic carbocycles. The number of rotatable bonds is 10. The van der Waals surface area contributed by atoms with E-state index in [0.29, 0.717) is 38.0 Å². The van der Waals surface area contributed by atoms with Crippen LogP contribution in [0.2, 0.25) is 0 Å². The normalized spacial score (nSPS) is 10.9. The number of fused-ring (bicyclic) bond motifs is 1. The molecule has 34 heavy (non-hydrogen) atoms. The van der Waals surface area contributed by atoms with Crippen molar-refractivity contribution in [3.8, 4) is 22.5 Å². The Balaban J connectivity index is 1.61. The predicted molar refractivity (Wildman–Crippen MR) is 135 cm³/mol. The quantitative estimate of drug-likeness (QED) is 0.302. The first-order valence-electron chi connectivity index (χ1n) is 11.6. The molecule has 1 N–H and O–H groups in total. The number of aromatic nitrogens is 2. The van der Waals surface area contributed by atoms with E-state index in [1.807, 2.05) is 55.5 Å². The van der Waals surface area contributed by atoms with Gasteiger partial charge in [0, 0.05) is 24.1 Å². The Morgan fingerprint density at radius 2 is 1.59 bits per heavy atom. The van der Waals surface area contributed by atoms with Crippen LogP contribution in [0.4, 0.5) is 5.82 Å². The number of esters is 1. The molecule has 174 valence electrons. The average molecular weight is 456 g/mol. The van der Waals surface area contributed by atoms with Gasteiger partial charge in [-0.05, 0) is 42.7 Å². The van der Waals surface area contributed by atoms with E-state index in [4.69, 9.17) is 19.4 Å². The van der Waals surface area contributed by atoms with Gasteiger partial charge < -0.3 is 14.8 Å². The van der Waals surface area contributed by atoms with Crippen LogP contribution in [-0.4, -0.2) is 35.7 Å². The number of hydrogen-bond donors (Lipinski definition) is 1. The molecule has 1 aromatic heterocycles. The molecule has 6 nitrogen and oxygen atoms in total. The van der Waals surface area contributed by atoms with Crippen molar-refractivity contribution >= 4 is 22.7 Å². The molecule has 3 aromatic carbocycles. The largest absolute Gasteiger partial charge is 0.466 e. The number of carbonyl (C=O) groups is 1. The molecule has 1 heterocycles. The van der Waals surface area contributed by atoms with E-state index in [9.17, 15) is 4.79 Å². The highest BCUT2D eigenvalue weighted by molar-refractivity contribution is 5.90. The molecular weight excluding hydrogens is 426 g/mol. The van der Waals surface area contributed by atoms with Crippen molar-refractivity contribution in [3.05, 3.63) is 78.4 Å². The molecule has 0 aliphatic heterocycles. The van der Waals surface area contributed by atoms with Gasteiger partial charge >= 0.3 is 5.97 Å². The molecule has 0 aliphatic rings. The molecule has 0 amide bonds. The second-order valence-corrected chi connectivity index (χ2v) is 7.77. The highest BCUT2D eigenvalue weighted by Gasteiger charge is 2.11. The topological polar surface area (TPSA) is 73.3 Å². The van der Waals surface area contributed by atoms with E-state index in [2.05, 4.69) is 29.6 Å². The summed E-state index contributed by atoms with van der Waals surface area (Å²) in [5.74, 6) is 1.11. The molecular formula is C28H29N3O3. The maximum Gasteiger partial charge on any atom is 0.307 e. The Hall–Kier alpha value is -3.77. The second kappa shape index (κ2) is 11.4. The number of nitrogens with one attached hydrogen (secondary N) is 1. The summed E-state index contributed by atoms with van der Waals surface area (Å²) in [5, 5.41) is 4.20. The number of hydrogen-bond acceptors (Lipinski definition) is 6. The van der Waals surface area contributed by atoms with Gasteiger partial charge in [0.2, 0.25) is 0 Å². The Morgan fingerprint density at radius 3 is 2.38 bits per heavy atom. The van der Waals surface area contributed by atoms with Gasteiger partial charge in [-0.1, -0.05) is 60.7 Å². The van der Waals surface area contributed by atoms with Crippen molar-refractivity contribution in [3.63, 3.8) is 0 Å². The number of nitrogens with zero attached hydrogens (tertiary/aromatic N) is 2. The van der Waals surface area contributed by atoms with Crippen molar-refractivity contribution in [2.45, 2.75) is 26.9 Å². The van der Waals surface area contributed by atoms with Gasteiger partial charge in [-0.3, -0.25) is 4.79 Å². The molecule has 4 rings (SSSR count). The number of benzene rings is 3. The minimum absolute atomic E-state index is 0.228. The Labute approximate surface area is 200 Å². The lowest BCUT2D eigenvalue weighted by Crippen LogP contribution is -2.12. The minimum atomic E-state index is -0.228. The molecule has 0 atom stereocenters. The summed E-state index contributed by atoms with van der Waals surface area (Å²) in [6.45, 7) is 5.89. The molecule has 0 radical (unpaired) electrons. The zero-order valence-electron chi connectivity index (χ0n) is 19.6. The van der Waals surface area contributed by atoms with Gasteiger partial charge in [-0.25, -0.2) is 9.97 Å². The van der Waals surface area contributed by atoms with Crippen LogP contribution in [0.3, 0.4) is 0 Å². The Kier molecular flexibility index (Phi) is 7.83. The predicted octanol–water partition coefficient (Wildman–Crippen LogP) is 5.87. The second-order valence-electron chi connectivity index (χ2n) is 7.77. The maximum absolute atomic E-state index is 11.7.